The zero-order valence-corrected chi connectivity index (χ0v) is 16.5. The molecule has 0 saturated carbocycles. The van der Waals surface area contributed by atoms with Crippen LogP contribution in [0.25, 0.3) is 10.2 Å². The standard InChI is InChI=1S/C19H24N4O2S/c1-5-23-15(7-8-20-23)18(24)21-19-22(9-10-25-6-2)16-11-13(3)14(4)12-17(16)26-19/h7-8,11-12H,5-6,9-10H2,1-4H3. The number of aryl methyl sites for hydroxylation is 3. The minimum atomic E-state index is -0.269. The molecule has 26 heavy (non-hydrogen) atoms. The van der Waals surface area contributed by atoms with Crippen LogP contribution >= 0.6 is 11.3 Å². The molecule has 3 rings (SSSR count). The van der Waals surface area contributed by atoms with Crippen LogP contribution in [0.15, 0.2) is 29.4 Å². The molecule has 0 radical (unpaired) electrons. The third-order valence-electron chi connectivity index (χ3n) is 4.39. The van der Waals surface area contributed by atoms with Crippen LogP contribution in [0.1, 0.15) is 35.5 Å². The smallest absolute Gasteiger partial charge is 0.297 e. The van der Waals surface area contributed by atoms with Crippen molar-refractivity contribution in [1.29, 1.82) is 0 Å². The van der Waals surface area contributed by atoms with Gasteiger partial charge in [-0.2, -0.15) is 10.1 Å². The molecule has 138 valence electrons. The van der Waals surface area contributed by atoms with Gasteiger partial charge in [-0.25, -0.2) is 0 Å². The Hall–Kier alpha value is -2.25. The average molecular weight is 372 g/mol. The Balaban J connectivity index is 2.11. The second-order valence-electron chi connectivity index (χ2n) is 6.09. The number of rotatable bonds is 6. The minimum absolute atomic E-state index is 0.269. The van der Waals surface area contributed by atoms with E-state index in [4.69, 9.17) is 4.74 Å². The summed E-state index contributed by atoms with van der Waals surface area (Å²) in [5.74, 6) is -0.269. The third kappa shape index (κ3) is 3.64. The van der Waals surface area contributed by atoms with Gasteiger partial charge in [-0.3, -0.25) is 9.48 Å². The molecule has 0 aliphatic carbocycles. The quantitative estimate of drug-likeness (QED) is 0.624. The van der Waals surface area contributed by atoms with Crippen LogP contribution in [0.2, 0.25) is 0 Å². The molecule has 1 aromatic carbocycles. The maximum atomic E-state index is 12.7. The average Bonchev–Trinajstić information content (AvgIpc) is 3.21. The zero-order valence-electron chi connectivity index (χ0n) is 15.7. The van der Waals surface area contributed by atoms with Crippen molar-refractivity contribution in [3.05, 3.63) is 46.0 Å². The Morgan fingerprint density at radius 1 is 1.27 bits per heavy atom. The fourth-order valence-corrected chi connectivity index (χ4v) is 3.97. The SMILES string of the molecule is CCOCCn1c(=NC(=O)c2ccnn2CC)sc2cc(C)c(C)cc21. The Morgan fingerprint density at radius 2 is 2.04 bits per heavy atom. The highest BCUT2D eigenvalue weighted by Crippen LogP contribution is 2.22. The Kier molecular flexibility index (Phi) is 5.68. The molecule has 0 spiro atoms. The number of ether oxygens (including phenoxy) is 1. The molecule has 0 aliphatic heterocycles. The van der Waals surface area contributed by atoms with Gasteiger partial charge in [-0.15, -0.1) is 0 Å². The fraction of sp³-hybridized carbons (Fsp3) is 0.421. The van der Waals surface area contributed by atoms with Crippen LogP contribution in [0.4, 0.5) is 0 Å². The van der Waals surface area contributed by atoms with Crippen molar-refractivity contribution >= 4 is 27.5 Å². The molecule has 1 amide bonds. The molecule has 2 heterocycles. The lowest BCUT2D eigenvalue weighted by Gasteiger charge is -2.07. The first-order valence-corrected chi connectivity index (χ1v) is 9.66. The van der Waals surface area contributed by atoms with Crippen molar-refractivity contribution in [2.45, 2.75) is 40.8 Å². The van der Waals surface area contributed by atoms with Gasteiger partial charge >= 0.3 is 0 Å². The van der Waals surface area contributed by atoms with Crippen molar-refractivity contribution in [3.63, 3.8) is 0 Å². The number of carbonyl (C=O) groups excluding carboxylic acids is 1. The van der Waals surface area contributed by atoms with Crippen LogP contribution in [-0.2, 0) is 17.8 Å². The number of hydrogen-bond acceptors (Lipinski definition) is 4. The predicted molar refractivity (Wildman–Crippen MR) is 104 cm³/mol. The molecular weight excluding hydrogens is 348 g/mol. The van der Waals surface area contributed by atoms with Gasteiger partial charge < -0.3 is 9.30 Å². The first-order valence-electron chi connectivity index (χ1n) is 8.84. The highest BCUT2D eigenvalue weighted by atomic mass is 32.1. The molecule has 0 saturated heterocycles. The second-order valence-corrected chi connectivity index (χ2v) is 7.10. The van der Waals surface area contributed by atoms with Crippen LogP contribution in [0, 0.1) is 13.8 Å². The van der Waals surface area contributed by atoms with Crippen LogP contribution in [0.5, 0.6) is 0 Å². The van der Waals surface area contributed by atoms with Crippen molar-refractivity contribution < 1.29 is 9.53 Å². The van der Waals surface area contributed by atoms with Crippen LogP contribution < -0.4 is 4.80 Å². The summed E-state index contributed by atoms with van der Waals surface area (Å²) in [5, 5.41) is 4.16. The first-order chi connectivity index (χ1) is 12.5. The Morgan fingerprint density at radius 3 is 2.77 bits per heavy atom. The van der Waals surface area contributed by atoms with E-state index in [-0.39, 0.29) is 5.91 Å². The minimum Gasteiger partial charge on any atom is -0.380 e. The van der Waals surface area contributed by atoms with Crippen molar-refractivity contribution in [2.75, 3.05) is 13.2 Å². The van der Waals surface area contributed by atoms with E-state index in [0.717, 1.165) is 10.2 Å². The molecule has 0 unspecified atom stereocenters. The molecule has 3 aromatic rings. The van der Waals surface area contributed by atoms with Gasteiger partial charge in [0.05, 0.1) is 16.8 Å². The molecule has 6 nitrogen and oxygen atoms in total. The van der Waals surface area contributed by atoms with E-state index >= 15 is 0 Å². The summed E-state index contributed by atoms with van der Waals surface area (Å²) < 4.78 is 10.4. The first kappa shape index (κ1) is 18.5. The number of aromatic nitrogens is 3. The van der Waals surface area contributed by atoms with E-state index in [2.05, 4.69) is 40.6 Å². The molecule has 0 aliphatic rings. The topological polar surface area (TPSA) is 61.4 Å². The highest BCUT2D eigenvalue weighted by Gasteiger charge is 2.13. The number of thiazole rings is 1. The zero-order chi connectivity index (χ0) is 18.7. The lowest BCUT2D eigenvalue weighted by Crippen LogP contribution is -2.20. The fourth-order valence-electron chi connectivity index (χ4n) is 2.83. The largest absolute Gasteiger partial charge is 0.380 e. The lowest BCUT2D eigenvalue weighted by atomic mass is 10.1. The predicted octanol–water partition coefficient (Wildman–Crippen LogP) is 3.31. The molecule has 0 atom stereocenters. The maximum absolute atomic E-state index is 12.7. The normalized spacial score (nSPS) is 12.2. The van der Waals surface area contributed by atoms with Gasteiger partial charge in [0, 0.05) is 25.9 Å². The second kappa shape index (κ2) is 7.97. The monoisotopic (exact) mass is 372 g/mol. The summed E-state index contributed by atoms with van der Waals surface area (Å²) in [6.07, 6.45) is 1.63. The van der Waals surface area contributed by atoms with Gasteiger partial charge in [0.1, 0.15) is 5.69 Å². The summed E-state index contributed by atoms with van der Waals surface area (Å²) in [5.41, 5.74) is 4.06. The molecule has 0 fully saturated rings. The van der Waals surface area contributed by atoms with E-state index in [1.807, 2.05) is 13.8 Å². The molecular formula is C19H24N4O2S. The van der Waals surface area contributed by atoms with E-state index in [0.29, 0.717) is 36.8 Å². The summed E-state index contributed by atoms with van der Waals surface area (Å²) in [7, 11) is 0. The molecule has 7 heteroatoms. The van der Waals surface area contributed by atoms with Gasteiger partial charge in [0.15, 0.2) is 4.80 Å². The van der Waals surface area contributed by atoms with Gasteiger partial charge in [0.2, 0.25) is 0 Å². The summed E-state index contributed by atoms with van der Waals surface area (Å²) >= 11 is 1.53. The number of nitrogens with zero attached hydrogens (tertiary/aromatic N) is 4. The lowest BCUT2D eigenvalue weighted by molar-refractivity contribution is 0.0986. The molecule has 0 N–H and O–H groups in total. The molecule has 0 bridgehead atoms. The summed E-state index contributed by atoms with van der Waals surface area (Å²) in [6.45, 7) is 10.7. The number of amides is 1. The summed E-state index contributed by atoms with van der Waals surface area (Å²) in [6, 6.07) is 6.03. The number of fused-ring (bicyclic) bond motifs is 1. The number of carbonyl (C=O) groups is 1. The number of benzene rings is 1. The van der Waals surface area contributed by atoms with Crippen molar-refractivity contribution in [3.8, 4) is 0 Å². The van der Waals surface area contributed by atoms with E-state index in [9.17, 15) is 4.79 Å². The van der Waals surface area contributed by atoms with Gasteiger partial charge in [0.25, 0.3) is 5.91 Å². The van der Waals surface area contributed by atoms with E-state index in [1.165, 1.54) is 22.5 Å². The van der Waals surface area contributed by atoms with Crippen molar-refractivity contribution in [2.24, 2.45) is 4.99 Å². The Bertz CT molecular complexity index is 997. The molecule has 2 aromatic heterocycles. The maximum Gasteiger partial charge on any atom is 0.297 e. The van der Waals surface area contributed by atoms with Gasteiger partial charge in [-0.1, -0.05) is 11.3 Å². The highest BCUT2D eigenvalue weighted by molar-refractivity contribution is 7.16. The van der Waals surface area contributed by atoms with Crippen LogP contribution in [-0.4, -0.2) is 33.5 Å². The van der Waals surface area contributed by atoms with Gasteiger partial charge in [-0.05, 0) is 57.0 Å². The van der Waals surface area contributed by atoms with Crippen molar-refractivity contribution in [1.82, 2.24) is 14.3 Å². The number of hydrogen-bond donors (Lipinski definition) is 0. The summed E-state index contributed by atoms with van der Waals surface area (Å²) in [4.78, 5) is 17.8. The Labute approximate surface area is 156 Å². The van der Waals surface area contributed by atoms with E-state index in [1.54, 1.807) is 16.9 Å². The van der Waals surface area contributed by atoms with E-state index < -0.39 is 0 Å². The third-order valence-corrected chi connectivity index (χ3v) is 5.44. The van der Waals surface area contributed by atoms with Crippen LogP contribution in [0.3, 0.4) is 0 Å².